The van der Waals surface area contributed by atoms with E-state index < -0.39 is 0 Å². The van der Waals surface area contributed by atoms with E-state index in [1.54, 1.807) is 0 Å². The number of carbonyl (C=O) groups is 1. The maximum Gasteiger partial charge on any atom is 0.220 e. The number of hydrogen-bond acceptors (Lipinski definition) is 2. The number of aromatic nitrogens is 2. The summed E-state index contributed by atoms with van der Waals surface area (Å²) in [5.41, 5.74) is 4.45. The fourth-order valence-electron chi connectivity index (χ4n) is 3.03. The van der Waals surface area contributed by atoms with E-state index in [1.807, 2.05) is 43.8 Å². The second kappa shape index (κ2) is 7.20. The average molecular weight is 327 g/mol. The first-order chi connectivity index (χ1) is 11.2. The minimum absolute atomic E-state index is 0.0588. The molecule has 0 radical (unpaired) electrons. The maximum absolute atomic E-state index is 12.4. The highest BCUT2D eigenvalue weighted by molar-refractivity contribution is 5.76. The summed E-state index contributed by atoms with van der Waals surface area (Å²) in [6.45, 7) is 10.5. The first-order valence-electron chi connectivity index (χ1n) is 8.57. The van der Waals surface area contributed by atoms with Gasteiger partial charge in [0, 0.05) is 30.6 Å². The molecule has 1 aromatic carbocycles. The first-order valence-corrected chi connectivity index (χ1v) is 8.57. The molecule has 0 saturated heterocycles. The zero-order chi connectivity index (χ0) is 17.9. The summed E-state index contributed by atoms with van der Waals surface area (Å²) in [5, 5.41) is 7.58. The number of benzene rings is 1. The third-order valence-electron chi connectivity index (χ3n) is 5.24. The molecule has 0 aliphatic rings. The summed E-state index contributed by atoms with van der Waals surface area (Å²) in [6, 6.07) is 10.4. The van der Waals surface area contributed by atoms with Crippen molar-refractivity contribution in [2.75, 3.05) is 0 Å². The zero-order valence-corrected chi connectivity index (χ0v) is 15.7. The number of rotatable bonds is 6. The van der Waals surface area contributed by atoms with Crippen LogP contribution in [0.2, 0.25) is 0 Å². The van der Waals surface area contributed by atoms with Gasteiger partial charge in [-0.2, -0.15) is 5.10 Å². The Hall–Kier alpha value is -2.10. The van der Waals surface area contributed by atoms with E-state index in [0.29, 0.717) is 6.42 Å². The number of nitrogens with one attached hydrogen (secondary N) is 1. The smallest absolute Gasteiger partial charge is 0.220 e. The second-order valence-electron chi connectivity index (χ2n) is 7.15. The highest BCUT2D eigenvalue weighted by Crippen LogP contribution is 2.27. The lowest BCUT2D eigenvalue weighted by Gasteiger charge is -2.33. The molecule has 130 valence electrons. The summed E-state index contributed by atoms with van der Waals surface area (Å²) >= 11 is 0. The Morgan fingerprint density at radius 2 is 1.88 bits per heavy atom. The predicted molar refractivity (Wildman–Crippen MR) is 98.1 cm³/mol. The van der Waals surface area contributed by atoms with Crippen LogP contribution in [0, 0.1) is 13.8 Å². The van der Waals surface area contributed by atoms with Gasteiger partial charge in [0.25, 0.3) is 0 Å². The van der Waals surface area contributed by atoms with Crippen LogP contribution in [0.4, 0.5) is 0 Å². The van der Waals surface area contributed by atoms with Crippen molar-refractivity contribution in [2.45, 2.75) is 58.9 Å². The Balaban J connectivity index is 1.97. The zero-order valence-electron chi connectivity index (χ0n) is 15.7. The Morgan fingerprint density at radius 3 is 2.42 bits per heavy atom. The lowest BCUT2D eigenvalue weighted by Crippen LogP contribution is -2.45. The second-order valence-corrected chi connectivity index (χ2v) is 7.15. The third-order valence-corrected chi connectivity index (χ3v) is 5.24. The Kier molecular flexibility index (Phi) is 5.47. The molecule has 0 aliphatic heterocycles. The van der Waals surface area contributed by atoms with Crippen LogP contribution in [0.25, 0.3) is 0 Å². The van der Waals surface area contributed by atoms with E-state index in [1.165, 1.54) is 11.1 Å². The lowest BCUT2D eigenvalue weighted by molar-refractivity contribution is -0.122. The normalized spacial score (nSPS) is 12.9. The van der Waals surface area contributed by atoms with Crippen LogP contribution < -0.4 is 5.32 Å². The topological polar surface area (TPSA) is 46.9 Å². The third kappa shape index (κ3) is 3.86. The van der Waals surface area contributed by atoms with Gasteiger partial charge in [-0.25, -0.2) is 0 Å². The molecule has 0 aliphatic carbocycles. The quantitative estimate of drug-likeness (QED) is 0.883. The number of aryl methyl sites for hydroxylation is 2. The molecular formula is C20H29N3O. The summed E-state index contributed by atoms with van der Waals surface area (Å²) in [6.07, 6.45) is 1.22. The van der Waals surface area contributed by atoms with Gasteiger partial charge in [-0.15, -0.1) is 0 Å². The van der Waals surface area contributed by atoms with Gasteiger partial charge in [0.1, 0.15) is 0 Å². The van der Waals surface area contributed by atoms with Crippen LogP contribution >= 0.6 is 0 Å². The monoisotopic (exact) mass is 327 g/mol. The van der Waals surface area contributed by atoms with E-state index >= 15 is 0 Å². The lowest BCUT2D eigenvalue weighted by atomic mass is 9.78. The molecule has 1 amide bonds. The highest BCUT2D eigenvalue weighted by Gasteiger charge is 2.28. The molecule has 4 heteroatoms. The fourth-order valence-corrected chi connectivity index (χ4v) is 3.03. The predicted octanol–water partition coefficient (Wildman–Crippen LogP) is 3.45. The SMILES string of the molecule is Cc1nn(C)c(C)c1CCC(=O)N[C@@H](C)C(C)(C)c1ccccc1. The van der Waals surface area contributed by atoms with Crippen LogP contribution in [0.1, 0.15) is 49.7 Å². The van der Waals surface area contributed by atoms with Crippen molar-refractivity contribution in [3.63, 3.8) is 0 Å². The molecule has 24 heavy (non-hydrogen) atoms. The van der Waals surface area contributed by atoms with Gasteiger partial charge >= 0.3 is 0 Å². The van der Waals surface area contributed by atoms with Gasteiger partial charge < -0.3 is 5.32 Å². The van der Waals surface area contributed by atoms with Gasteiger partial charge in [0.05, 0.1) is 5.69 Å². The van der Waals surface area contributed by atoms with E-state index in [4.69, 9.17) is 0 Å². The number of hydrogen-bond donors (Lipinski definition) is 1. The average Bonchev–Trinajstić information content (AvgIpc) is 2.78. The Labute approximate surface area is 145 Å². The molecule has 2 aromatic rings. The van der Waals surface area contributed by atoms with Crippen molar-refractivity contribution in [3.8, 4) is 0 Å². The molecule has 0 fully saturated rings. The molecule has 0 bridgehead atoms. The summed E-state index contributed by atoms with van der Waals surface area (Å²) < 4.78 is 1.88. The van der Waals surface area contributed by atoms with E-state index in [-0.39, 0.29) is 17.4 Å². The van der Waals surface area contributed by atoms with Gasteiger partial charge in [-0.05, 0) is 38.3 Å². The van der Waals surface area contributed by atoms with Gasteiger partial charge in [-0.3, -0.25) is 9.48 Å². The minimum atomic E-state index is -0.114. The molecule has 1 atom stereocenters. The summed E-state index contributed by atoms with van der Waals surface area (Å²) in [4.78, 5) is 12.4. The fraction of sp³-hybridized carbons (Fsp3) is 0.500. The van der Waals surface area contributed by atoms with Crippen LogP contribution in [0.3, 0.4) is 0 Å². The van der Waals surface area contributed by atoms with Crippen LogP contribution in [0.15, 0.2) is 30.3 Å². The molecule has 2 rings (SSSR count). The first kappa shape index (κ1) is 18.2. The van der Waals surface area contributed by atoms with Crippen LogP contribution in [-0.2, 0) is 23.7 Å². The van der Waals surface area contributed by atoms with Crippen molar-refractivity contribution in [3.05, 3.63) is 52.8 Å². The Bertz CT molecular complexity index is 701. The molecule has 0 spiro atoms. The molecule has 1 N–H and O–H groups in total. The minimum Gasteiger partial charge on any atom is -0.353 e. The summed E-state index contributed by atoms with van der Waals surface area (Å²) in [5.74, 6) is 0.0918. The maximum atomic E-state index is 12.4. The Morgan fingerprint density at radius 1 is 1.25 bits per heavy atom. The van der Waals surface area contributed by atoms with E-state index in [2.05, 4.69) is 43.3 Å². The van der Waals surface area contributed by atoms with Gasteiger partial charge in [0.2, 0.25) is 5.91 Å². The summed E-state index contributed by atoms with van der Waals surface area (Å²) in [7, 11) is 1.94. The van der Waals surface area contributed by atoms with E-state index in [0.717, 1.165) is 17.8 Å². The molecule has 1 aromatic heterocycles. The molecular weight excluding hydrogens is 298 g/mol. The largest absolute Gasteiger partial charge is 0.353 e. The molecule has 0 unspecified atom stereocenters. The van der Waals surface area contributed by atoms with Crippen molar-refractivity contribution in [1.82, 2.24) is 15.1 Å². The van der Waals surface area contributed by atoms with Crippen molar-refractivity contribution in [2.24, 2.45) is 7.05 Å². The van der Waals surface area contributed by atoms with Gasteiger partial charge in [-0.1, -0.05) is 44.2 Å². The van der Waals surface area contributed by atoms with Gasteiger partial charge in [0.15, 0.2) is 0 Å². The van der Waals surface area contributed by atoms with Crippen molar-refractivity contribution in [1.29, 1.82) is 0 Å². The highest BCUT2D eigenvalue weighted by atomic mass is 16.1. The van der Waals surface area contributed by atoms with Crippen LogP contribution in [0.5, 0.6) is 0 Å². The number of amides is 1. The molecule has 1 heterocycles. The molecule has 0 saturated carbocycles. The molecule has 4 nitrogen and oxygen atoms in total. The van der Waals surface area contributed by atoms with Crippen molar-refractivity contribution >= 4 is 5.91 Å². The standard InChI is InChI=1S/C20H29N3O/c1-14-18(15(2)23(6)22-14)12-13-19(24)21-16(3)20(4,5)17-10-8-7-9-11-17/h7-11,16H,12-13H2,1-6H3,(H,21,24)/t16-/m0/s1. The number of nitrogens with zero attached hydrogens (tertiary/aromatic N) is 2. The van der Waals surface area contributed by atoms with E-state index in [9.17, 15) is 4.79 Å². The van der Waals surface area contributed by atoms with Crippen molar-refractivity contribution < 1.29 is 4.79 Å². The van der Waals surface area contributed by atoms with Crippen LogP contribution in [-0.4, -0.2) is 21.7 Å². The number of carbonyl (C=O) groups excluding carboxylic acids is 1.